The van der Waals surface area contributed by atoms with Gasteiger partial charge in [-0.1, -0.05) is 60.1 Å². The molecule has 29 heavy (non-hydrogen) atoms. The van der Waals surface area contributed by atoms with Crippen molar-refractivity contribution in [1.82, 2.24) is 0 Å². The summed E-state index contributed by atoms with van der Waals surface area (Å²) in [6.07, 6.45) is 1.80. The van der Waals surface area contributed by atoms with E-state index in [9.17, 15) is 4.39 Å². The van der Waals surface area contributed by atoms with Gasteiger partial charge in [-0.15, -0.1) is 0 Å². The summed E-state index contributed by atoms with van der Waals surface area (Å²) in [5, 5.41) is 2.81. The SMILES string of the molecule is Cc1ccc(N=Cc2c(OCc3cccc(F)c3)ccc3ccccc23)cc1Cl. The third kappa shape index (κ3) is 4.47. The van der Waals surface area contributed by atoms with Gasteiger partial charge in [0.05, 0.1) is 5.69 Å². The van der Waals surface area contributed by atoms with E-state index < -0.39 is 0 Å². The van der Waals surface area contributed by atoms with Crippen molar-refractivity contribution in [3.8, 4) is 5.75 Å². The smallest absolute Gasteiger partial charge is 0.129 e. The van der Waals surface area contributed by atoms with E-state index in [1.165, 1.54) is 12.1 Å². The number of rotatable bonds is 5. The first-order chi connectivity index (χ1) is 14.1. The number of hydrogen-bond donors (Lipinski definition) is 0. The van der Waals surface area contributed by atoms with Gasteiger partial charge in [0, 0.05) is 16.8 Å². The minimum atomic E-state index is -0.275. The van der Waals surface area contributed by atoms with Crippen LogP contribution in [0.3, 0.4) is 0 Å². The highest BCUT2D eigenvalue weighted by atomic mass is 35.5. The van der Waals surface area contributed by atoms with Crippen LogP contribution in [0.25, 0.3) is 10.8 Å². The lowest BCUT2D eigenvalue weighted by Crippen LogP contribution is -1.99. The number of nitrogens with zero attached hydrogens (tertiary/aromatic N) is 1. The van der Waals surface area contributed by atoms with Gasteiger partial charge in [-0.2, -0.15) is 0 Å². The van der Waals surface area contributed by atoms with Crippen LogP contribution in [0, 0.1) is 12.7 Å². The van der Waals surface area contributed by atoms with Gasteiger partial charge in [0.2, 0.25) is 0 Å². The monoisotopic (exact) mass is 403 g/mol. The average molecular weight is 404 g/mol. The normalized spacial score (nSPS) is 11.3. The van der Waals surface area contributed by atoms with Gasteiger partial charge in [0.25, 0.3) is 0 Å². The Hall–Kier alpha value is -3.17. The maximum absolute atomic E-state index is 13.5. The molecule has 0 spiro atoms. The van der Waals surface area contributed by atoms with Crippen molar-refractivity contribution in [2.75, 3.05) is 0 Å². The molecule has 144 valence electrons. The Morgan fingerprint density at radius 1 is 0.966 bits per heavy atom. The first-order valence-electron chi connectivity index (χ1n) is 9.29. The summed E-state index contributed by atoms with van der Waals surface area (Å²) in [6, 6.07) is 24.1. The molecule has 0 N–H and O–H groups in total. The molecule has 0 aliphatic heterocycles. The van der Waals surface area contributed by atoms with Crippen molar-refractivity contribution in [3.63, 3.8) is 0 Å². The second-order valence-electron chi connectivity index (χ2n) is 6.81. The molecular formula is C25H19ClFNO. The van der Waals surface area contributed by atoms with Crippen LogP contribution < -0.4 is 4.74 Å². The molecule has 0 fully saturated rings. The molecule has 4 rings (SSSR count). The van der Waals surface area contributed by atoms with Crippen LogP contribution in [0.15, 0.2) is 83.9 Å². The highest BCUT2D eigenvalue weighted by molar-refractivity contribution is 6.31. The summed E-state index contributed by atoms with van der Waals surface area (Å²) >= 11 is 6.22. The van der Waals surface area contributed by atoms with E-state index in [1.54, 1.807) is 12.3 Å². The molecule has 0 aliphatic carbocycles. The quantitative estimate of drug-likeness (QED) is 0.321. The largest absolute Gasteiger partial charge is 0.488 e. The fourth-order valence-corrected chi connectivity index (χ4v) is 3.30. The molecule has 0 bridgehead atoms. The molecule has 0 unspecified atom stereocenters. The molecule has 0 amide bonds. The Bertz CT molecular complexity index is 1200. The van der Waals surface area contributed by atoms with Crippen LogP contribution in [-0.4, -0.2) is 6.21 Å². The molecule has 2 nitrogen and oxygen atoms in total. The number of benzene rings is 4. The predicted molar refractivity (Wildman–Crippen MR) is 118 cm³/mol. The number of halogens is 2. The fourth-order valence-electron chi connectivity index (χ4n) is 3.12. The molecule has 0 aromatic heterocycles. The Kier molecular flexibility index (Phi) is 5.59. The lowest BCUT2D eigenvalue weighted by molar-refractivity contribution is 0.305. The Balaban J connectivity index is 1.70. The maximum atomic E-state index is 13.5. The van der Waals surface area contributed by atoms with Gasteiger partial charge < -0.3 is 4.74 Å². The summed E-state index contributed by atoms with van der Waals surface area (Å²) in [4.78, 5) is 4.61. The van der Waals surface area contributed by atoms with Gasteiger partial charge in [0.1, 0.15) is 18.2 Å². The zero-order valence-corrected chi connectivity index (χ0v) is 16.7. The van der Waals surface area contributed by atoms with Crippen LogP contribution in [0.4, 0.5) is 10.1 Å². The Morgan fingerprint density at radius 3 is 2.66 bits per heavy atom. The summed E-state index contributed by atoms with van der Waals surface area (Å²) in [5.74, 6) is 0.414. The summed E-state index contributed by atoms with van der Waals surface area (Å²) in [7, 11) is 0. The molecule has 0 atom stereocenters. The van der Waals surface area contributed by atoms with Crippen molar-refractivity contribution in [2.45, 2.75) is 13.5 Å². The zero-order valence-electron chi connectivity index (χ0n) is 15.9. The van der Waals surface area contributed by atoms with Crippen molar-refractivity contribution in [2.24, 2.45) is 4.99 Å². The summed E-state index contributed by atoms with van der Waals surface area (Å²) < 4.78 is 19.5. The van der Waals surface area contributed by atoms with Crippen molar-refractivity contribution < 1.29 is 9.13 Å². The lowest BCUT2D eigenvalue weighted by atomic mass is 10.0. The van der Waals surface area contributed by atoms with Crippen LogP contribution >= 0.6 is 11.6 Å². The van der Waals surface area contributed by atoms with E-state index in [4.69, 9.17) is 16.3 Å². The second-order valence-corrected chi connectivity index (χ2v) is 7.22. The van der Waals surface area contributed by atoms with Gasteiger partial charge in [0.15, 0.2) is 0 Å². The van der Waals surface area contributed by atoms with Crippen molar-refractivity contribution in [3.05, 3.63) is 106 Å². The predicted octanol–water partition coefficient (Wildman–Crippen LogP) is 7.27. The second kappa shape index (κ2) is 8.46. The molecule has 0 heterocycles. The average Bonchev–Trinajstić information content (AvgIpc) is 2.73. The topological polar surface area (TPSA) is 21.6 Å². The van der Waals surface area contributed by atoms with Gasteiger partial charge in [-0.3, -0.25) is 4.99 Å². The van der Waals surface area contributed by atoms with E-state index in [0.29, 0.717) is 10.8 Å². The van der Waals surface area contributed by atoms with E-state index in [-0.39, 0.29) is 12.4 Å². The standard InChI is InChI=1S/C25H19ClFNO/c1-17-9-11-21(14-24(17)26)28-15-23-22-8-3-2-6-19(22)10-12-25(23)29-16-18-5-4-7-20(27)13-18/h2-15H,16H2,1H3. The van der Waals surface area contributed by atoms with Crippen LogP contribution in [0.2, 0.25) is 5.02 Å². The zero-order chi connectivity index (χ0) is 20.2. The number of ether oxygens (including phenoxy) is 1. The molecule has 0 saturated carbocycles. The molecular weight excluding hydrogens is 385 g/mol. The van der Waals surface area contributed by atoms with Gasteiger partial charge in [-0.05, 0) is 59.2 Å². The van der Waals surface area contributed by atoms with E-state index in [2.05, 4.69) is 4.99 Å². The third-order valence-electron chi connectivity index (χ3n) is 4.71. The van der Waals surface area contributed by atoms with Gasteiger partial charge in [-0.25, -0.2) is 4.39 Å². The molecule has 0 radical (unpaired) electrons. The van der Waals surface area contributed by atoms with Crippen LogP contribution in [0.1, 0.15) is 16.7 Å². The van der Waals surface area contributed by atoms with E-state index in [1.807, 2.05) is 67.6 Å². The van der Waals surface area contributed by atoms with Crippen molar-refractivity contribution >= 4 is 34.3 Å². The highest BCUT2D eigenvalue weighted by Crippen LogP contribution is 2.29. The highest BCUT2D eigenvalue weighted by Gasteiger charge is 2.08. The van der Waals surface area contributed by atoms with Crippen molar-refractivity contribution in [1.29, 1.82) is 0 Å². The first kappa shape index (κ1) is 19.2. The summed E-state index contributed by atoms with van der Waals surface area (Å²) in [6.45, 7) is 2.23. The number of aryl methyl sites for hydroxylation is 1. The van der Waals surface area contributed by atoms with E-state index >= 15 is 0 Å². The first-order valence-corrected chi connectivity index (χ1v) is 9.67. The summed E-state index contributed by atoms with van der Waals surface area (Å²) in [5.41, 5.74) is 3.42. The molecule has 0 aliphatic rings. The van der Waals surface area contributed by atoms with Crippen LogP contribution in [-0.2, 0) is 6.61 Å². The number of fused-ring (bicyclic) bond motifs is 1. The maximum Gasteiger partial charge on any atom is 0.129 e. The molecule has 4 heteroatoms. The van der Waals surface area contributed by atoms with E-state index in [0.717, 1.165) is 33.2 Å². The molecule has 4 aromatic carbocycles. The number of hydrogen-bond acceptors (Lipinski definition) is 2. The number of aliphatic imine (C=N–C) groups is 1. The fraction of sp³-hybridized carbons (Fsp3) is 0.0800. The molecule has 4 aromatic rings. The van der Waals surface area contributed by atoms with Gasteiger partial charge >= 0.3 is 0 Å². The lowest BCUT2D eigenvalue weighted by Gasteiger charge is -2.12. The Morgan fingerprint density at radius 2 is 1.83 bits per heavy atom. The minimum absolute atomic E-state index is 0.271. The van der Waals surface area contributed by atoms with Crippen LogP contribution in [0.5, 0.6) is 5.75 Å². The third-order valence-corrected chi connectivity index (χ3v) is 5.12. The molecule has 0 saturated heterocycles. The minimum Gasteiger partial charge on any atom is -0.488 e. The Labute approximate surface area is 174 Å².